The Morgan fingerprint density at radius 3 is 2.45 bits per heavy atom. The third-order valence-electron chi connectivity index (χ3n) is 5.40. The molecule has 0 radical (unpaired) electrons. The van der Waals surface area contributed by atoms with Crippen LogP contribution in [0, 0.1) is 13.8 Å². The predicted molar refractivity (Wildman–Crippen MR) is 116 cm³/mol. The number of piperazine rings is 1. The molecule has 0 spiro atoms. The first-order valence-electron chi connectivity index (χ1n) is 9.37. The molecule has 6 heteroatoms. The van der Waals surface area contributed by atoms with Gasteiger partial charge in [0.05, 0.1) is 7.11 Å². The number of carbonyl (C=O) groups excluding carboxylic acids is 2. The van der Waals surface area contributed by atoms with Crippen molar-refractivity contribution in [1.29, 1.82) is 0 Å². The van der Waals surface area contributed by atoms with Gasteiger partial charge in [-0.25, -0.2) is 0 Å². The van der Waals surface area contributed by atoms with Gasteiger partial charge < -0.3 is 9.64 Å². The van der Waals surface area contributed by atoms with Gasteiger partial charge >= 0.3 is 0 Å². The molecule has 29 heavy (non-hydrogen) atoms. The maximum atomic E-state index is 13.7. The number of anilines is 2. The van der Waals surface area contributed by atoms with Crippen LogP contribution in [0.4, 0.5) is 11.4 Å². The number of hydrogen-bond donors (Lipinski definition) is 0. The minimum atomic E-state index is -0.698. The minimum Gasteiger partial charge on any atom is -0.497 e. The Balaban J connectivity index is 1.79. The zero-order valence-corrected chi connectivity index (χ0v) is 17.4. The number of amides is 2. The van der Waals surface area contributed by atoms with E-state index in [1.807, 2.05) is 61.0 Å². The van der Waals surface area contributed by atoms with E-state index < -0.39 is 6.04 Å². The van der Waals surface area contributed by atoms with E-state index in [1.165, 1.54) is 11.3 Å². The summed E-state index contributed by atoms with van der Waals surface area (Å²) in [5.41, 5.74) is 4.39. The number of aryl methyl sites for hydroxylation is 1. The van der Waals surface area contributed by atoms with E-state index in [0.717, 1.165) is 22.4 Å². The van der Waals surface area contributed by atoms with Gasteiger partial charge in [-0.1, -0.05) is 12.1 Å². The van der Waals surface area contributed by atoms with Crippen LogP contribution >= 0.6 is 11.3 Å². The molecule has 1 saturated heterocycles. The van der Waals surface area contributed by atoms with Crippen molar-refractivity contribution in [2.24, 2.45) is 0 Å². The lowest BCUT2D eigenvalue weighted by atomic mass is 10.00. The third-order valence-corrected chi connectivity index (χ3v) is 6.10. The summed E-state index contributed by atoms with van der Waals surface area (Å²) in [6.07, 6.45) is 0. The highest BCUT2D eigenvalue weighted by Gasteiger charge is 2.42. The number of carbonyl (C=O) groups is 2. The minimum absolute atomic E-state index is 0.00972. The quantitative estimate of drug-likeness (QED) is 0.641. The highest BCUT2D eigenvalue weighted by Crippen LogP contribution is 2.37. The van der Waals surface area contributed by atoms with Crippen LogP contribution in [0.1, 0.15) is 22.7 Å². The van der Waals surface area contributed by atoms with Crippen molar-refractivity contribution in [3.05, 3.63) is 76.0 Å². The molecular weight excluding hydrogens is 384 g/mol. The van der Waals surface area contributed by atoms with E-state index in [9.17, 15) is 9.59 Å². The van der Waals surface area contributed by atoms with Crippen LogP contribution in [0.5, 0.6) is 5.75 Å². The van der Waals surface area contributed by atoms with E-state index in [0.29, 0.717) is 11.4 Å². The Labute approximate surface area is 174 Å². The summed E-state index contributed by atoms with van der Waals surface area (Å²) in [5, 5.41) is 3.86. The van der Waals surface area contributed by atoms with Crippen molar-refractivity contribution in [3.63, 3.8) is 0 Å². The van der Waals surface area contributed by atoms with E-state index in [4.69, 9.17) is 4.74 Å². The topological polar surface area (TPSA) is 49.9 Å². The van der Waals surface area contributed by atoms with E-state index in [2.05, 4.69) is 0 Å². The molecule has 1 aliphatic rings. The lowest BCUT2D eigenvalue weighted by Gasteiger charge is -2.40. The monoisotopic (exact) mass is 406 g/mol. The van der Waals surface area contributed by atoms with Gasteiger partial charge in [0.2, 0.25) is 5.91 Å². The predicted octanol–water partition coefficient (Wildman–Crippen LogP) is 4.49. The van der Waals surface area contributed by atoms with Crippen molar-refractivity contribution in [1.82, 2.24) is 0 Å². The second kappa shape index (κ2) is 7.72. The summed E-state index contributed by atoms with van der Waals surface area (Å²) in [4.78, 5) is 30.2. The zero-order chi connectivity index (χ0) is 20.5. The van der Waals surface area contributed by atoms with Crippen LogP contribution in [-0.2, 0) is 9.59 Å². The first-order valence-corrected chi connectivity index (χ1v) is 10.3. The average molecular weight is 407 g/mol. The molecule has 1 fully saturated rings. The van der Waals surface area contributed by atoms with Gasteiger partial charge in [-0.2, -0.15) is 11.3 Å². The molecule has 0 saturated carbocycles. The molecular formula is C23H22N2O3S. The molecule has 0 N–H and O–H groups in total. The van der Waals surface area contributed by atoms with Crippen molar-refractivity contribution < 1.29 is 14.3 Å². The molecule has 2 amide bonds. The summed E-state index contributed by atoms with van der Waals surface area (Å²) in [6.45, 7) is 4.00. The van der Waals surface area contributed by atoms with Crippen molar-refractivity contribution in [2.75, 3.05) is 23.5 Å². The number of methoxy groups -OCH3 is 1. The van der Waals surface area contributed by atoms with Crippen LogP contribution in [0.3, 0.4) is 0 Å². The number of benzene rings is 2. The zero-order valence-electron chi connectivity index (χ0n) is 16.6. The summed E-state index contributed by atoms with van der Waals surface area (Å²) in [5.74, 6) is 0.480. The normalized spacial score (nSPS) is 17.0. The highest BCUT2D eigenvalue weighted by molar-refractivity contribution is 7.08. The average Bonchev–Trinajstić information content (AvgIpc) is 3.26. The molecule has 2 aromatic carbocycles. The van der Waals surface area contributed by atoms with Gasteiger partial charge in [0.25, 0.3) is 5.91 Å². The fourth-order valence-electron chi connectivity index (χ4n) is 3.68. The van der Waals surface area contributed by atoms with E-state index in [1.54, 1.807) is 29.0 Å². The maximum absolute atomic E-state index is 13.7. The lowest BCUT2D eigenvalue weighted by molar-refractivity contribution is -0.128. The largest absolute Gasteiger partial charge is 0.497 e. The Kier molecular flexibility index (Phi) is 5.11. The molecule has 1 aliphatic heterocycles. The molecule has 1 aromatic heterocycles. The Morgan fingerprint density at radius 1 is 1.03 bits per heavy atom. The van der Waals surface area contributed by atoms with Gasteiger partial charge in [0.1, 0.15) is 18.3 Å². The van der Waals surface area contributed by atoms with Crippen LogP contribution < -0.4 is 14.5 Å². The van der Waals surface area contributed by atoms with Crippen LogP contribution in [0.25, 0.3) is 0 Å². The molecule has 0 bridgehead atoms. The highest BCUT2D eigenvalue weighted by atomic mass is 32.1. The van der Waals surface area contributed by atoms with Gasteiger partial charge in [-0.05, 0) is 77.7 Å². The Hall–Kier alpha value is -3.12. The molecule has 0 aliphatic carbocycles. The number of ether oxygens (including phenoxy) is 1. The van der Waals surface area contributed by atoms with Crippen molar-refractivity contribution >= 4 is 34.5 Å². The number of thiophene rings is 1. The first-order chi connectivity index (χ1) is 14.0. The number of rotatable bonds is 4. The fourth-order valence-corrected chi connectivity index (χ4v) is 4.36. The second-order valence-corrected chi connectivity index (χ2v) is 7.84. The summed E-state index contributed by atoms with van der Waals surface area (Å²) < 4.78 is 5.23. The standard InChI is InChI=1S/C23H22N2O3S/c1-15-5-4-6-20(16(15)2)24-13-21(26)25(18-7-9-19(28-3)10-8-18)22(23(24)27)17-11-12-29-14-17/h4-12,14,22H,13H2,1-3H3/t22-/m1/s1. The Morgan fingerprint density at radius 2 is 1.79 bits per heavy atom. The van der Waals surface area contributed by atoms with E-state index in [-0.39, 0.29) is 18.4 Å². The van der Waals surface area contributed by atoms with Gasteiger partial charge in [0.15, 0.2) is 0 Å². The molecule has 5 nitrogen and oxygen atoms in total. The van der Waals surface area contributed by atoms with Crippen molar-refractivity contribution in [2.45, 2.75) is 19.9 Å². The molecule has 148 valence electrons. The van der Waals surface area contributed by atoms with E-state index >= 15 is 0 Å². The SMILES string of the molecule is COc1ccc(N2C(=O)CN(c3cccc(C)c3C)C(=O)[C@H]2c2ccsc2)cc1. The summed E-state index contributed by atoms with van der Waals surface area (Å²) in [7, 11) is 1.60. The van der Waals surface area contributed by atoms with Crippen LogP contribution in [0.15, 0.2) is 59.3 Å². The molecule has 1 atom stereocenters. The molecule has 0 unspecified atom stereocenters. The first kappa shape index (κ1) is 19.2. The molecule has 4 rings (SSSR count). The van der Waals surface area contributed by atoms with Gasteiger partial charge in [0, 0.05) is 11.4 Å². The fraction of sp³-hybridized carbons (Fsp3) is 0.217. The second-order valence-electron chi connectivity index (χ2n) is 7.06. The maximum Gasteiger partial charge on any atom is 0.255 e. The van der Waals surface area contributed by atoms with Gasteiger partial charge in [-0.3, -0.25) is 14.5 Å². The number of nitrogens with zero attached hydrogens (tertiary/aromatic N) is 2. The molecule has 2 heterocycles. The van der Waals surface area contributed by atoms with Crippen molar-refractivity contribution in [3.8, 4) is 5.75 Å². The third kappa shape index (κ3) is 3.40. The Bertz CT molecular complexity index is 1040. The van der Waals surface area contributed by atoms with Crippen LogP contribution in [0.2, 0.25) is 0 Å². The smallest absolute Gasteiger partial charge is 0.255 e. The summed E-state index contributed by atoms with van der Waals surface area (Å²) in [6, 6.07) is 14.3. The number of hydrogen-bond acceptors (Lipinski definition) is 4. The van der Waals surface area contributed by atoms with Gasteiger partial charge in [-0.15, -0.1) is 0 Å². The summed E-state index contributed by atoms with van der Waals surface area (Å²) >= 11 is 1.51. The molecule has 3 aromatic rings. The lowest BCUT2D eigenvalue weighted by Crippen LogP contribution is -2.56. The van der Waals surface area contributed by atoms with Crippen LogP contribution in [-0.4, -0.2) is 25.5 Å².